The number of sulfonamides is 1. The van der Waals surface area contributed by atoms with Gasteiger partial charge in [0.1, 0.15) is 11.6 Å². The van der Waals surface area contributed by atoms with E-state index in [-0.39, 0.29) is 47.4 Å². The van der Waals surface area contributed by atoms with E-state index in [1.54, 1.807) is 30.3 Å². The molecule has 0 fully saturated rings. The summed E-state index contributed by atoms with van der Waals surface area (Å²) in [4.78, 5) is 22.1. The summed E-state index contributed by atoms with van der Waals surface area (Å²) in [5, 5.41) is 10.2. The molecule has 1 aromatic heterocycles. The zero-order valence-electron chi connectivity index (χ0n) is 26.9. The Morgan fingerprint density at radius 3 is 2.52 bits per heavy atom. The molecule has 12 heteroatoms. The Kier molecular flexibility index (Phi) is 12.5. The number of hydrogen-bond donors (Lipinski definition) is 2. The average Bonchev–Trinajstić information content (AvgIpc) is 3.03. The molecule has 2 heterocycles. The number of aliphatic hydroxyl groups excluding tert-OH is 1. The van der Waals surface area contributed by atoms with Gasteiger partial charge in [0.25, 0.3) is 15.9 Å². The summed E-state index contributed by atoms with van der Waals surface area (Å²) >= 11 is 0. The maximum atomic E-state index is 14.3. The molecule has 0 saturated heterocycles. The van der Waals surface area contributed by atoms with Crippen molar-refractivity contribution in [2.24, 2.45) is 5.92 Å². The van der Waals surface area contributed by atoms with E-state index in [1.807, 2.05) is 33.0 Å². The minimum Gasteiger partial charge on any atom is -0.490 e. The van der Waals surface area contributed by atoms with Gasteiger partial charge in [0.2, 0.25) is 0 Å². The number of ether oxygens (including phenoxy) is 2. The van der Waals surface area contributed by atoms with Gasteiger partial charge in [-0.2, -0.15) is 0 Å². The summed E-state index contributed by atoms with van der Waals surface area (Å²) in [7, 11) is -2.03. The van der Waals surface area contributed by atoms with Crippen molar-refractivity contribution < 1.29 is 32.2 Å². The number of carbonyl (C=O) groups excluding carboxylic acids is 1. The monoisotopic (exact) mass is 656 g/mol. The molecule has 46 heavy (non-hydrogen) atoms. The van der Waals surface area contributed by atoms with E-state index >= 15 is 0 Å². The zero-order chi connectivity index (χ0) is 33.3. The summed E-state index contributed by atoms with van der Waals surface area (Å²) in [6, 6.07) is 12.5. The second kappa shape index (κ2) is 16.3. The first-order valence-electron chi connectivity index (χ1n) is 15.7. The predicted molar refractivity (Wildman–Crippen MR) is 175 cm³/mol. The van der Waals surface area contributed by atoms with Crippen LogP contribution in [0, 0.1) is 11.7 Å². The van der Waals surface area contributed by atoms with Crippen LogP contribution in [0.1, 0.15) is 56.0 Å². The Morgan fingerprint density at radius 2 is 1.83 bits per heavy atom. The van der Waals surface area contributed by atoms with Gasteiger partial charge in [-0.3, -0.25) is 19.4 Å². The van der Waals surface area contributed by atoms with Crippen molar-refractivity contribution in [1.29, 1.82) is 0 Å². The number of amides is 1. The normalized spacial score (nSPS) is 20.8. The zero-order valence-corrected chi connectivity index (χ0v) is 27.7. The molecule has 0 unspecified atom stereocenters. The Balaban J connectivity index is 1.64. The minimum atomic E-state index is -4.07. The first kappa shape index (κ1) is 35.3. The van der Waals surface area contributed by atoms with E-state index in [9.17, 15) is 22.7 Å². The lowest BCUT2D eigenvalue weighted by Crippen LogP contribution is -2.47. The number of nitrogens with zero attached hydrogens (tertiary/aromatic N) is 3. The molecule has 0 bridgehead atoms. The predicted octanol–water partition coefficient (Wildman–Crippen LogP) is 4.95. The van der Waals surface area contributed by atoms with Crippen LogP contribution in [0.5, 0.6) is 5.75 Å². The summed E-state index contributed by atoms with van der Waals surface area (Å²) in [5.41, 5.74) is 1.45. The number of aliphatic hydroxyl groups is 1. The van der Waals surface area contributed by atoms with Crippen molar-refractivity contribution in [3.05, 3.63) is 83.9 Å². The summed E-state index contributed by atoms with van der Waals surface area (Å²) in [6.45, 7) is 7.66. The van der Waals surface area contributed by atoms with Crippen LogP contribution >= 0.6 is 0 Å². The number of rotatable bonds is 9. The highest BCUT2D eigenvalue weighted by Crippen LogP contribution is 2.29. The number of anilines is 1. The van der Waals surface area contributed by atoms with Crippen LogP contribution in [-0.4, -0.2) is 85.8 Å². The van der Waals surface area contributed by atoms with Gasteiger partial charge in [0.15, 0.2) is 0 Å². The Labute approximate surface area is 271 Å². The fourth-order valence-corrected chi connectivity index (χ4v) is 6.50. The average molecular weight is 657 g/mol. The van der Waals surface area contributed by atoms with Crippen molar-refractivity contribution in [2.45, 2.75) is 69.7 Å². The van der Waals surface area contributed by atoms with E-state index in [2.05, 4.69) is 14.6 Å². The van der Waals surface area contributed by atoms with Gasteiger partial charge >= 0.3 is 0 Å². The number of nitrogens with one attached hydrogen (secondary N) is 1. The minimum absolute atomic E-state index is 0.107. The van der Waals surface area contributed by atoms with Gasteiger partial charge in [0.05, 0.1) is 35.3 Å². The van der Waals surface area contributed by atoms with E-state index < -0.39 is 27.8 Å². The third kappa shape index (κ3) is 9.71. The number of hydrogen-bond acceptors (Lipinski definition) is 8. The maximum Gasteiger partial charge on any atom is 0.261 e. The van der Waals surface area contributed by atoms with Crippen LogP contribution in [0.15, 0.2) is 71.9 Å². The number of benzene rings is 2. The van der Waals surface area contributed by atoms with E-state index in [1.165, 1.54) is 24.3 Å². The van der Waals surface area contributed by atoms with Gasteiger partial charge in [0, 0.05) is 50.2 Å². The highest BCUT2D eigenvalue weighted by Gasteiger charge is 2.30. The molecular weight excluding hydrogens is 611 g/mol. The van der Waals surface area contributed by atoms with Crippen molar-refractivity contribution >= 4 is 21.6 Å². The highest BCUT2D eigenvalue weighted by atomic mass is 32.2. The Hall–Kier alpha value is -3.58. The Morgan fingerprint density at radius 1 is 1.11 bits per heavy atom. The first-order chi connectivity index (χ1) is 22.0. The van der Waals surface area contributed by atoms with Crippen LogP contribution in [0.4, 0.5) is 10.1 Å². The maximum absolute atomic E-state index is 14.3. The second-order valence-corrected chi connectivity index (χ2v) is 13.8. The standard InChI is InChI=1S/C34H45FN4O6S/c1-24-20-39(25(2)23-40)34(41)31-19-29(37-46(42,43)30-11-8-28(35)9-12-30)10-13-32(31)45-26(3)7-5-6-18-44-33(24)22-38(4)21-27-14-16-36-17-15-27/h8-17,19,24-26,33,37,40H,5-7,18,20-23H2,1-4H3/t24-,25-,26-,33+/m1/s1. The van der Waals surface area contributed by atoms with Crippen molar-refractivity contribution in [2.75, 3.05) is 38.1 Å². The molecule has 0 aliphatic carbocycles. The lowest BCUT2D eigenvalue weighted by Gasteiger charge is -2.36. The van der Waals surface area contributed by atoms with E-state index in [0.717, 1.165) is 37.0 Å². The molecule has 10 nitrogen and oxygen atoms in total. The van der Waals surface area contributed by atoms with Crippen LogP contribution in [-0.2, 0) is 21.3 Å². The molecule has 2 aromatic carbocycles. The van der Waals surface area contributed by atoms with Crippen LogP contribution in [0.2, 0.25) is 0 Å². The molecule has 1 amide bonds. The fourth-order valence-electron chi connectivity index (χ4n) is 5.45. The van der Waals surface area contributed by atoms with Gasteiger partial charge in [-0.1, -0.05) is 6.92 Å². The molecule has 2 N–H and O–H groups in total. The summed E-state index contributed by atoms with van der Waals surface area (Å²) < 4.78 is 54.8. The number of carbonyl (C=O) groups is 1. The van der Waals surface area contributed by atoms with Gasteiger partial charge in [-0.05, 0) is 100 Å². The van der Waals surface area contributed by atoms with Crippen LogP contribution in [0.25, 0.3) is 0 Å². The molecule has 0 radical (unpaired) electrons. The smallest absolute Gasteiger partial charge is 0.261 e. The van der Waals surface area contributed by atoms with Crippen LogP contribution < -0.4 is 9.46 Å². The lowest BCUT2D eigenvalue weighted by atomic mass is 10.0. The van der Waals surface area contributed by atoms with Gasteiger partial charge in [-0.25, -0.2) is 12.8 Å². The molecule has 3 aromatic rings. The molecule has 0 saturated carbocycles. The third-order valence-corrected chi connectivity index (χ3v) is 9.52. The number of aromatic nitrogens is 1. The quantitative estimate of drug-likeness (QED) is 0.332. The molecule has 0 spiro atoms. The van der Waals surface area contributed by atoms with Crippen molar-refractivity contribution in [1.82, 2.24) is 14.8 Å². The third-order valence-electron chi connectivity index (χ3n) is 8.12. The number of likely N-dealkylation sites (N-methyl/N-ethyl adjacent to an activating group) is 1. The van der Waals surface area contributed by atoms with Crippen LogP contribution in [0.3, 0.4) is 0 Å². The lowest BCUT2D eigenvalue weighted by molar-refractivity contribution is -0.0177. The summed E-state index contributed by atoms with van der Waals surface area (Å²) in [6.07, 6.45) is 5.56. The number of fused-ring (bicyclic) bond motifs is 1. The summed E-state index contributed by atoms with van der Waals surface area (Å²) in [5.74, 6) is -0.738. The molecule has 250 valence electrons. The van der Waals surface area contributed by atoms with Crippen molar-refractivity contribution in [3.8, 4) is 5.75 Å². The highest BCUT2D eigenvalue weighted by molar-refractivity contribution is 7.92. The van der Waals surface area contributed by atoms with Gasteiger partial charge in [-0.15, -0.1) is 0 Å². The Bertz CT molecular complexity index is 1530. The van der Waals surface area contributed by atoms with E-state index in [0.29, 0.717) is 25.4 Å². The first-order valence-corrected chi connectivity index (χ1v) is 17.1. The second-order valence-electron chi connectivity index (χ2n) is 12.1. The molecule has 1 aliphatic heterocycles. The topological polar surface area (TPSA) is 121 Å². The molecule has 1 aliphatic rings. The number of pyridine rings is 1. The SMILES string of the molecule is C[C@@H]1CCCCO[C@@H](CN(C)Cc2ccncc2)[C@H](C)CN([C@H](C)CO)C(=O)c2cc(NS(=O)(=O)c3ccc(F)cc3)ccc2O1. The van der Waals surface area contributed by atoms with E-state index in [4.69, 9.17) is 9.47 Å². The van der Waals surface area contributed by atoms with Crippen molar-refractivity contribution in [3.63, 3.8) is 0 Å². The molecule has 4 atom stereocenters. The molecular formula is C34H45FN4O6S. The fraction of sp³-hybridized carbons (Fsp3) is 0.471. The molecule has 4 rings (SSSR count). The van der Waals surface area contributed by atoms with Gasteiger partial charge < -0.3 is 19.5 Å². The largest absolute Gasteiger partial charge is 0.490 e. The number of halogens is 1.